The number of aromatic nitrogens is 1. The van der Waals surface area contributed by atoms with E-state index < -0.39 is 11.7 Å². The molecule has 1 fully saturated rings. The van der Waals surface area contributed by atoms with Gasteiger partial charge in [0.05, 0.1) is 18.7 Å². The van der Waals surface area contributed by atoms with Gasteiger partial charge < -0.3 is 9.64 Å². The standard InChI is InChI=1S/C14H17F3N2O2/c1-2-3-4-13(20)19-8-11(9-19)21-12-7-10(5-6-18-12)14(15,16)17/h5-7,11H,2-4,8-9H2,1H3. The van der Waals surface area contributed by atoms with Crippen molar-refractivity contribution in [2.75, 3.05) is 13.1 Å². The third kappa shape index (κ3) is 4.09. The van der Waals surface area contributed by atoms with Gasteiger partial charge in [-0.2, -0.15) is 13.2 Å². The highest BCUT2D eigenvalue weighted by atomic mass is 19.4. The van der Waals surface area contributed by atoms with E-state index in [9.17, 15) is 18.0 Å². The van der Waals surface area contributed by atoms with E-state index in [1.807, 2.05) is 6.92 Å². The predicted molar refractivity (Wildman–Crippen MR) is 69.8 cm³/mol. The zero-order valence-electron chi connectivity index (χ0n) is 11.7. The Morgan fingerprint density at radius 2 is 2.19 bits per heavy atom. The summed E-state index contributed by atoms with van der Waals surface area (Å²) < 4.78 is 43.0. The van der Waals surface area contributed by atoms with Gasteiger partial charge in [0.1, 0.15) is 6.10 Å². The lowest BCUT2D eigenvalue weighted by atomic mass is 10.1. The largest absolute Gasteiger partial charge is 0.471 e. The van der Waals surface area contributed by atoms with E-state index in [0.29, 0.717) is 19.5 Å². The van der Waals surface area contributed by atoms with Crippen LogP contribution < -0.4 is 4.74 Å². The van der Waals surface area contributed by atoms with Gasteiger partial charge in [0.25, 0.3) is 0 Å². The van der Waals surface area contributed by atoms with E-state index in [2.05, 4.69) is 4.98 Å². The minimum atomic E-state index is -4.41. The Labute approximate surface area is 120 Å². The first-order valence-corrected chi connectivity index (χ1v) is 6.88. The molecule has 0 aromatic carbocycles. The molecule has 1 aromatic heterocycles. The number of carbonyl (C=O) groups is 1. The van der Waals surface area contributed by atoms with Crippen molar-refractivity contribution < 1.29 is 22.7 Å². The number of alkyl halides is 3. The second kappa shape index (κ2) is 6.32. The number of carbonyl (C=O) groups excluding carboxylic acids is 1. The van der Waals surface area contributed by atoms with Gasteiger partial charge >= 0.3 is 6.18 Å². The quantitative estimate of drug-likeness (QED) is 0.840. The van der Waals surface area contributed by atoms with Gasteiger partial charge in [0, 0.05) is 18.7 Å². The number of unbranched alkanes of at least 4 members (excludes halogenated alkanes) is 1. The molecule has 7 heteroatoms. The third-order valence-electron chi connectivity index (χ3n) is 3.29. The monoisotopic (exact) mass is 302 g/mol. The molecule has 0 radical (unpaired) electrons. The lowest BCUT2D eigenvalue weighted by Crippen LogP contribution is -2.56. The van der Waals surface area contributed by atoms with E-state index >= 15 is 0 Å². The van der Waals surface area contributed by atoms with E-state index in [-0.39, 0.29) is 17.9 Å². The normalized spacial score (nSPS) is 15.7. The number of amides is 1. The van der Waals surface area contributed by atoms with Crippen LogP contribution in [0.3, 0.4) is 0 Å². The van der Waals surface area contributed by atoms with Gasteiger partial charge in [-0.25, -0.2) is 4.98 Å². The van der Waals surface area contributed by atoms with Crippen molar-refractivity contribution >= 4 is 5.91 Å². The van der Waals surface area contributed by atoms with Crippen LogP contribution in [0.4, 0.5) is 13.2 Å². The molecule has 1 aliphatic rings. The molecule has 2 heterocycles. The van der Waals surface area contributed by atoms with Crippen molar-refractivity contribution in [2.45, 2.75) is 38.5 Å². The molecule has 0 atom stereocenters. The molecule has 0 unspecified atom stereocenters. The molecule has 0 spiro atoms. The fourth-order valence-corrected chi connectivity index (χ4v) is 2.02. The zero-order valence-corrected chi connectivity index (χ0v) is 11.7. The minimum absolute atomic E-state index is 0.0597. The average Bonchev–Trinajstić information content (AvgIpc) is 2.39. The summed E-state index contributed by atoms with van der Waals surface area (Å²) in [7, 11) is 0. The fraction of sp³-hybridized carbons (Fsp3) is 0.571. The first-order valence-electron chi connectivity index (χ1n) is 6.88. The topological polar surface area (TPSA) is 42.4 Å². The molecular weight excluding hydrogens is 285 g/mol. The van der Waals surface area contributed by atoms with Crippen LogP contribution in [0, 0.1) is 0 Å². The molecular formula is C14H17F3N2O2. The van der Waals surface area contributed by atoms with E-state index in [1.54, 1.807) is 4.90 Å². The van der Waals surface area contributed by atoms with Crippen LogP contribution in [-0.4, -0.2) is 35.0 Å². The molecule has 1 aromatic rings. The molecule has 1 saturated heterocycles. The number of halogens is 3. The zero-order chi connectivity index (χ0) is 15.5. The van der Waals surface area contributed by atoms with Gasteiger partial charge in [0.15, 0.2) is 0 Å². The van der Waals surface area contributed by atoms with Crippen molar-refractivity contribution in [3.8, 4) is 5.88 Å². The lowest BCUT2D eigenvalue weighted by molar-refractivity contribution is -0.140. The van der Waals surface area contributed by atoms with Crippen molar-refractivity contribution in [2.24, 2.45) is 0 Å². The molecule has 21 heavy (non-hydrogen) atoms. The number of hydrogen-bond acceptors (Lipinski definition) is 3. The second-order valence-electron chi connectivity index (χ2n) is 5.02. The molecule has 2 rings (SSSR count). The first kappa shape index (κ1) is 15.6. The summed E-state index contributed by atoms with van der Waals surface area (Å²) in [6, 6.07) is 1.77. The number of hydrogen-bond donors (Lipinski definition) is 0. The van der Waals surface area contributed by atoms with Gasteiger partial charge in [-0.15, -0.1) is 0 Å². The highest BCUT2D eigenvalue weighted by molar-refractivity contribution is 5.77. The Morgan fingerprint density at radius 1 is 1.48 bits per heavy atom. The number of likely N-dealkylation sites (tertiary alicyclic amines) is 1. The number of rotatable bonds is 5. The Bertz CT molecular complexity index is 499. The summed E-state index contributed by atoms with van der Waals surface area (Å²) in [5.41, 5.74) is -0.789. The summed E-state index contributed by atoms with van der Waals surface area (Å²) in [5, 5.41) is 0. The smallest absolute Gasteiger partial charge is 0.416 e. The van der Waals surface area contributed by atoms with Crippen LogP contribution in [0.5, 0.6) is 5.88 Å². The summed E-state index contributed by atoms with van der Waals surface area (Å²) in [6.07, 6.45) is -1.33. The van der Waals surface area contributed by atoms with Crippen LogP contribution in [0.1, 0.15) is 31.7 Å². The van der Waals surface area contributed by atoms with Crippen LogP contribution in [0.15, 0.2) is 18.3 Å². The molecule has 0 saturated carbocycles. The Kier molecular flexibility index (Phi) is 4.69. The Balaban J connectivity index is 1.84. The molecule has 0 N–H and O–H groups in total. The number of nitrogens with zero attached hydrogens (tertiary/aromatic N) is 2. The van der Waals surface area contributed by atoms with Crippen LogP contribution >= 0.6 is 0 Å². The van der Waals surface area contributed by atoms with Crippen molar-refractivity contribution in [1.29, 1.82) is 0 Å². The molecule has 1 aliphatic heterocycles. The highest BCUT2D eigenvalue weighted by Gasteiger charge is 2.34. The highest BCUT2D eigenvalue weighted by Crippen LogP contribution is 2.31. The van der Waals surface area contributed by atoms with E-state index in [4.69, 9.17) is 4.74 Å². The van der Waals surface area contributed by atoms with Crippen LogP contribution in [-0.2, 0) is 11.0 Å². The maximum atomic E-state index is 12.6. The van der Waals surface area contributed by atoms with Gasteiger partial charge in [0.2, 0.25) is 11.8 Å². The lowest BCUT2D eigenvalue weighted by Gasteiger charge is -2.38. The van der Waals surface area contributed by atoms with Gasteiger partial charge in [-0.1, -0.05) is 13.3 Å². The molecule has 0 aliphatic carbocycles. The van der Waals surface area contributed by atoms with E-state index in [1.165, 1.54) is 0 Å². The van der Waals surface area contributed by atoms with Crippen LogP contribution in [0.2, 0.25) is 0 Å². The summed E-state index contributed by atoms with van der Waals surface area (Å²) in [6.45, 7) is 2.82. The van der Waals surface area contributed by atoms with Crippen LogP contribution in [0.25, 0.3) is 0 Å². The summed E-state index contributed by atoms with van der Waals surface area (Å²) >= 11 is 0. The average molecular weight is 302 g/mol. The predicted octanol–water partition coefficient (Wildman–Crippen LogP) is 2.88. The summed E-state index contributed by atoms with van der Waals surface area (Å²) in [5.74, 6) is 0.00387. The number of ether oxygens (including phenoxy) is 1. The molecule has 116 valence electrons. The molecule has 1 amide bonds. The Morgan fingerprint density at radius 3 is 2.81 bits per heavy atom. The maximum Gasteiger partial charge on any atom is 0.416 e. The maximum absolute atomic E-state index is 12.6. The fourth-order valence-electron chi connectivity index (χ4n) is 2.02. The Hall–Kier alpha value is -1.79. The van der Waals surface area contributed by atoms with Gasteiger partial charge in [-0.05, 0) is 12.5 Å². The number of pyridine rings is 1. The minimum Gasteiger partial charge on any atom is -0.471 e. The van der Waals surface area contributed by atoms with Gasteiger partial charge in [-0.3, -0.25) is 4.79 Å². The SMILES string of the molecule is CCCCC(=O)N1CC(Oc2cc(C(F)(F)F)ccn2)C1. The first-order chi connectivity index (χ1) is 9.90. The van der Waals surface area contributed by atoms with Crippen molar-refractivity contribution in [1.82, 2.24) is 9.88 Å². The summed E-state index contributed by atoms with van der Waals surface area (Å²) in [4.78, 5) is 17.1. The van der Waals surface area contributed by atoms with Crippen molar-refractivity contribution in [3.05, 3.63) is 23.9 Å². The third-order valence-corrected chi connectivity index (χ3v) is 3.29. The molecule has 0 bridgehead atoms. The van der Waals surface area contributed by atoms with E-state index in [0.717, 1.165) is 31.2 Å². The second-order valence-corrected chi connectivity index (χ2v) is 5.02. The molecule has 4 nitrogen and oxygen atoms in total. The van der Waals surface area contributed by atoms with Crippen molar-refractivity contribution in [3.63, 3.8) is 0 Å².